The maximum Gasteiger partial charge on any atom is 0.306 e. The van der Waals surface area contributed by atoms with Crippen LogP contribution in [0.5, 0.6) is 0 Å². The number of carbonyl (C=O) groups is 2. The molecule has 9 nitrogen and oxygen atoms in total. The van der Waals surface area contributed by atoms with Gasteiger partial charge in [0, 0.05) is 12.8 Å². The van der Waals surface area contributed by atoms with Crippen LogP contribution < -0.4 is 10.2 Å². The van der Waals surface area contributed by atoms with Crippen molar-refractivity contribution in [2.24, 2.45) is 0 Å². The smallest absolute Gasteiger partial charge is 0.306 e. The second-order valence-corrected chi connectivity index (χ2v) is 23.3. The van der Waals surface area contributed by atoms with Crippen molar-refractivity contribution in [1.82, 2.24) is 5.32 Å². The summed E-state index contributed by atoms with van der Waals surface area (Å²) in [5.41, 5.74) is 0. The molecule has 3 atom stereocenters. The van der Waals surface area contributed by atoms with Crippen molar-refractivity contribution in [3.8, 4) is 0 Å². The number of ether oxygens (including phenoxy) is 1. The van der Waals surface area contributed by atoms with E-state index in [1.165, 1.54) is 148 Å². The lowest BCUT2D eigenvalue weighted by atomic mass is 10.0. The Labute approximate surface area is 451 Å². The minimum Gasteiger partial charge on any atom is -0.756 e. The molecule has 0 aromatic heterocycles. The largest absolute Gasteiger partial charge is 0.756 e. The molecule has 0 radical (unpaired) electrons. The van der Waals surface area contributed by atoms with Crippen molar-refractivity contribution in [3.63, 3.8) is 0 Å². The van der Waals surface area contributed by atoms with Crippen molar-refractivity contribution < 1.29 is 37.3 Å². The number of phosphoric acid groups is 1. The molecule has 73 heavy (non-hydrogen) atoms. The number of rotatable bonds is 55. The number of nitrogens with one attached hydrogen (secondary N) is 1. The average Bonchev–Trinajstić information content (AvgIpc) is 3.35. The zero-order valence-corrected chi connectivity index (χ0v) is 49.5. The molecular weight excluding hydrogens is 928 g/mol. The molecule has 0 aromatic rings. The first kappa shape index (κ1) is 70.7. The predicted octanol–water partition coefficient (Wildman–Crippen LogP) is 18.0. The first-order chi connectivity index (χ1) is 35.4. The zero-order valence-electron chi connectivity index (χ0n) is 48.6. The maximum atomic E-state index is 13.5. The molecule has 426 valence electrons. The molecule has 0 bridgehead atoms. The SMILES string of the molecule is CCCCC/C=C\C/C=C\C/C=C\CCCCCCCCC(=O)OC(/C=C/CCCCCCCCCCCCC)C(COP(=O)([O-])OCC[N+](C)(C)C)NC(=O)CCCCCCCCC/C=C\CCCCCC. The van der Waals surface area contributed by atoms with E-state index >= 15 is 0 Å². The molecule has 0 fully saturated rings. The van der Waals surface area contributed by atoms with Crippen LogP contribution in [0, 0.1) is 0 Å². The topological polar surface area (TPSA) is 114 Å². The van der Waals surface area contributed by atoms with E-state index in [9.17, 15) is 19.0 Å². The van der Waals surface area contributed by atoms with Gasteiger partial charge in [-0.3, -0.25) is 14.2 Å². The zero-order chi connectivity index (χ0) is 53.6. The summed E-state index contributed by atoms with van der Waals surface area (Å²) in [6.07, 6.45) is 66.0. The number of amides is 1. The average molecular weight is 1050 g/mol. The fraction of sp³-hybridized carbons (Fsp3) is 0.810. The number of hydrogen-bond acceptors (Lipinski definition) is 7. The minimum atomic E-state index is -4.70. The van der Waals surface area contributed by atoms with E-state index in [1.54, 1.807) is 0 Å². The van der Waals surface area contributed by atoms with Crippen LogP contribution in [-0.4, -0.2) is 69.4 Å². The molecule has 3 unspecified atom stereocenters. The Hall–Kier alpha value is -2.29. The van der Waals surface area contributed by atoms with Crippen LogP contribution in [0.4, 0.5) is 0 Å². The van der Waals surface area contributed by atoms with Gasteiger partial charge in [-0.2, -0.15) is 0 Å². The Morgan fingerprint density at radius 3 is 1.30 bits per heavy atom. The summed E-state index contributed by atoms with van der Waals surface area (Å²) in [5.74, 6) is -0.556. The number of hydrogen-bond donors (Lipinski definition) is 1. The molecule has 0 heterocycles. The van der Waals surface area contributed by atoms with Gasteiger partial charge in [-0.05, 0) is 96.0 Å². The molecule has 10 heteroatoms. The third-order valence-electron chi connectivity index (χ3n) is 13.4. The fourth-order valence-electron chi connectivity index (χ4n) is 8.64. The molecule has 1 amide bonds. The number of unbranched alkanes of at least 4 members (excludes halogenated alkanes) is 31. The lowest BCUT2D eigenvalue weighted by Crippen LogP contribution is -2.47. The predicted molar refractivity (Wildman–Crippen MR) is 312 cm³/mol. The lowest BCUT2D eigenvalue weighted by Gasteiger charge is -2.30. The minimum absolute atomic E-state index is 0.0263. The van der Waals surface area contributed by atoms with E-state index in [0.29, 0.717) is 23.9 Å². The second kappa shape index (κ2) is 53.1. The van der Waals surface area contributed by atoms with E-state index in [2.05, 4.69) is 74.7 Å². The third kappa shape index (κ3) is 54.3. The number of allylic oxidation sites excluding steroid dienone is 9. The van der Waals surface area contributed by atoms with Gasteiger partial charge < -0.3 is 28.5 Å². The van der Waals surface area contributed by atoms with E-state index in [1.807, 2.05) is 33.3 Å². The van der Waals surface area contributed by atoms with Crippen LogP contribution in [0.25, 0.3) is 0 Å². The van der Waals surface area contributed by atoms with Gasteiger partial charge >= 0.3 is 5.97 Å². The van der Waals surface area contributed by atoms with Gasteiger partial charge in [-0.15, -0.1) is 0 Å². The van der Waals surface area contributed by atoms with E-state index in [-0.39, 0.29) is 24.9 Å². The van der Waals surface area contributed by atoms with Gasteiger partial charge in [0.05, 0.1) is 33.8 Å². The highest BCUT2D eigenvalue weighted by molar-refractivity contribution is 7.45. The Morgan fingerprint density at radius 2 is 0.836 bits per heavy atom. The van der Waals surface area contributed by atoms with Crippen molar-refractivity contribution in [2.45, 2.75) is 290 Å². The number of likely N-dealkylation sites (N-methyl/N-ethyl adjacent to an activating group) is 1. The molecular formula is C63H117N2O7P. The highest BCUT2D eigenvalue weighted by Crippen LogP contribution is 2.38. The summed E-state index contributed by atoms with van der Waals surface area (Å²) in [6.45, 7) is 6.80. The van der Waals surface area contributed by atoms with Gasteiger partial charge in [0.15, 0.2) is 0 Å². The summed E-state index contributed by atoms with van der Waals surface area (Å²) in [4.78, 5) is 40.0. The molecule has 0 rings (SSSR count). The number of nitrogens with zero attached hydrogens (tertiary/aromatic N) is 1. The molecule has 0 aliphatic carbocycles. The molecule has 0 aliphatic rings. The van der Waals surface area contributed by atoms with Crippen LogP contribution in [0.2, 0.25) is 0 Å². The molecule has 0 aliphatic heterocycles. The lowest BCUT2D eigenvalue weighted by molar-refractivity contribution is -0.870. The standard InChI is InChI=1S/C63H117N2O7P/c1-7-10-13-16-19-22-25-28-30-31-32-33-35-38-41-44-47-50-53-56-63(67)72-61(54-51-48-45-42-39-36-27-24-21-18-15-12-9-3)60(59-71-73(68,69)70-58-57-65(4,5)6)64-62(66)55-52-49-46-43-40-37-34-29-26-23-20-17-14-11-8-2/h19,22-23,26,28,30,32-33,51,54,60-61H,7-18,20-21,24-25,27,29,31,34-50,52-53,55-59H2,1-6H3,(H-,64,66,68,69)/b22-19-,26-23-,30-28-,33-32-,54-51+. The van der Waals surface area contributed by atoms with Crippen molar-refractivity contribution in [2.75, 3.05) is 40.9 Å². The highest BCUT2D eigenvalue weighted by Gasteiger charge is 2.27. The summed E-state index contributed by atoms with van der Waals surface area (Å²) in [5, 5.41) is 3.02. The number of phosphoric ester groups is 1. The van der Waals surface area contributed by atoms with Gasteiger partial charge in [-0.25, -0.2) is 0 Å². The summed E-state index contributed by atoms with van der Waals surface area (Å²) in [7, 11) is 1.17. The van der Waals surface area contributed by atoms with E-state index in [0.717, 1.165) is 89.9 Å². The van der Waals surface area contributed by atoms with Crippen molar-refractivity contribution in [3.05, 3.63) is 60.8 Å². The summed E-state index contributed by atoms with van der Waals surface area (Å²) in [6, 6.07) is -0.896. The van der Waals surface area contributed by atoms with Gasteiger partial charge in [-0.1, -0.05) is 230 Å². The Kier molecular flexibility index (Phi) is 51.5. The molecule has 0 saturated heterocycles. The van der Waals surface area contributed by atoms with E-state index in [4.69, 9.17) is 13.8 Å². The summed E-state index contributed by atoms with van der Waals surface area (Å²) < 4.78 is 30.3. The van der Waals surface area contributed by atoms with Crippen LogP contribution >= 0.6 is 7.82 Å². The van der Waals surface area contributed by atoms with Crippen LogP contribution in [0.3, 0.4) is 0 Å². The normalized spacial score (nSPS) is 14.1. The van der Waals surface area contributed by atoms with Crippen molar-refractivity contribution in [1.29, 1.82) is 0 Å². The Morgan fingerprint density at radius 1 is 0.479 bits per heavy atom. The van der Waals surface area contributed by atoms with Gasteiger partial charge in [0.1, 0.15) is 19.3 Å². The second-order valence-electron chi connectivity index (χ2n) is 21.8. The van der Waals surface area contributed by atoms with E-state index < -0.39 is 26.6 Å². The fourth-order valence-corrected chi connectivity index (χ4v) is 9.36. The maximum absolute atomic E-state index is 13.5. The monoisotopic (exact) mass is 1040 g/mol. The molecule has 0 saturated carbocycles. The number of esters is 1. The Bertz CT molecular complexity index is 1440. The highest BCUT2D eigenvalue weighted by atomic mass is 31.2. The van der Waals surface area contributed by atoms with Gasteiger partial charge in [0.2, 0.25) is 5.91 Å². The van der Waals surface area contributed by atoms with Crippen LogP contribution in [0.15, 0.2) is 60.8 Å². The molecule has 0 spiro atoms. The number of quaternary nitrogens is 1. The molecule has 1 N–H and O–H groups in total. The molecule has 0 aromatic carbocycles. The van der Waals surface area contributed by atoms with Crippen LogP contribution in [0.1, 0.15) is 278 Å². The number of carbonyl (C=O) groups excluding carboxylic acids is 2. The quantitative estimate of drug-likeness (QED) is 0.0212. The van der Waals surface area contributed by atoms with Crippen LogP contribution in [-0.2, 0) is 27.9 Å². The third-order valence-corrected chi connectivity index (χ3v) is 14.4. The van der Waals surface area contributed by atoms with Gasteiger partial charge in [0.25, 0.3) is 7.82 Å². The Balaban J connectivity index is 5.33. The first-order valence-corrected chi connectivity index (χ1v) is 32.1. The van der Waals surface area contributed by atoms with Crippen molar-refractivity contribution >= 4 is 19.7 Å². The first-order valence-electron chi connectivity index (χ1n) is 30.6. The summed E-state index contributed by atoms with van der Waals surface area (Å²) >= 11 is 0.